The zero-order valence-electron chi connectivity index (χ0n) is 9.64. The average molecular weight is 250 g/mol. The number of ether oxygens (including phenoxy) is 1. The van der Waals surface area contributed by atoms with E-state index in [2.05, 4.69) is 4.74 Å². The number of hydrogen-bond donors (Lipinski definition) is 0. The van der Waals surface area contributed by atoms with E-state index in [1.165, 1.54) is 7.11 Å². The Morgan fingerprint density at radius 3 is 2.62 bits per heavy atom. The SMILES string of the molecule is COC(=O)C[C@@H]1CCC[C@H](OS(C)(=O)=O)C1. The Hall–Kier alpha value is -0.620. The molecule has 6 heteroatoms. The molecule has 1 rings (SSSR count). The Kier molecular flexibility index (Phi) is 4.73. The summed E-state index contributed by atoms with van der Waals surface area (Å²) in [5.41, 5.74) is 0. The third-order valence-electron chi connectivity index (χ3n) is 2.73. The molecule has 0 unspecified atom stereocenters. The van der Waals surface area contributed by atoms with Gasteiger partial charge in [-0.3, -0.25) is 8.98 Å². The molecule has 0 aromatic heterocycles. The molecule has 1 aliphatic rings. The fourth-order valence-corrected chi connectivity index (χ4v) is 2.75. The van der Waals surface area contributed by atoms with Crippen molar-refractivity contribution >= 4 is 16.1 Å². The van der Waals surface area contributed by atoms with Crippen molar-refractivity contribution in [1.29, 1.82) is 0 Å². The normalized spacial score (nSPS) is 26.4. The van der Waals surface area contributed by atoms with E-state index in [4.69, 9.17) is 4.18 Å². The highest BCUT2D eigenvalue weighted by molar-refractivity contribution is 7.86. The van der Waals surface area contributed by atoms with E-state index in [1.54, 1.807) is 0 Å². The molecule has 0 radical (unpaired) electrons. The van der Waals surface area contributed by atoms with Gasteiger partial charge in [-0.25, -0.2) is 0 Å². The lowest BCUT2D eigenvalue weighted by atomic mass is 9.85. The minimum absolute atomic E-state index is 0.174. The number of carbonyl (C=O) groups excluding carboxylic acids is 1. The molecule has 2 atom stereocenters. The molecule has 0 aromatic carbocycles. The summed E-state index contributed by atoms with van der Waals surface area (Å²) >= 11 is 0. The second kappa shape index (κ2) is 5.63. The van der Waals surface area contributed by atoms with Crippen molar-refractivity contribution in [3.05, 3.63) is 0 Å². The predicted octanol–water partition coefficient (Wildman–Crippen LogP) is 1.08. The number of carbonyl (C=O) groups is 1. The van der Waals surface area contributed by atoms with Gasteiger partial charge in [-0.1, -0.05) is 6.42 Å². The Balaban J connectivity index is 2.44. The van der Waals surface area contributed by atoms with Gasteiger partial charge >= 0.3 is 5.97 Å². The molecule has 0 bridgehead atoms. The number of methoxy groups -OCH3 is 1. The second-order valence-electron chi connectivity index (χ2n) is 4.24. The van der Waals surface area contributed by atoms with Crippen molar-refractivity contribution in [2.24, 2.45) is 5.92 Å². The summed E-state index contributed by atoms with van der Waals surface area (Å²) in [4.78, 5) is 11.1. The summed E-state index contributed by atoms with van der Waals surface area (Å²) in [6, 6.07) is 0. The monoisotopic (exact) mass is 250 g/mol. The van der Waals surface area contributed by atoms with Gasteiger partial charge in [-0.2, -0.15) is 8.42 Å². The van der Waals surface area contributed by atoms with Crippen LogP contribution in [0.3, 0.4) is 0 Å². The van der Waals surface area contributed by atoms with Crippen LogP contribution >= 0.6 is 0 Å². The van der Waals surface area contributed by atoms with E-state index in [0.717, 1.165) is 25.5 Å². The van der Waals surface area contributed by atoms with Crippen molar-refractivity contribution in [3.8, 4) is 0 Å². The molecular formula is C10H18O5S. The van der Waals surface area contributed by atoms with Crippen LogP contribution in [-0.2, 0) is 23.8 Å². The molecular weight excluding hydrogens is 232 g/mol. The van der Waals surface area contributed by atoms with Gasteiger partial charge in [0.2, 0.25) is 0 Å². The van der Waals surface area contributed by atoms with Crippen LogP contribution in [0.2, 0.25) is 0 Å². The molecule has 0 saturated heterocycles. The fourth-order valence-electron chi connectivity index (χ4n) is 2.08. The fraction of sp³-hybridized carbons (Fsp3) is 0.900. The van der Waals surface area contributed by atoms with Crippen LogP contribution in [0.15, 0.2) is 0 Å². The molecule has 0 aromatic rings. The smallest absolute Gasteiger partial charge is 0.305 e. The molecule has 0 amide bonds. The van der Waals surface area contributed by atoms with Gasteiger partial charge < -0.3 is 4.74 Å². The van der Waals surface area contributed by atoms with Crippen LogP contribution in [0.4, 0.5) is 0 Å². The number of rotatable bonds is 4. The van der Waals surface area contributed by atoms with Gasteiger partial charge in [0.15, 0.2) is 0 Å². The van der Waals surface area contributed by atoms with Crippen LogP contribution in [0.1, 0.15) is 32.1 Å². The molecule has 1 saturated carbocycles. The first kappa shape index (κ1) is 13.4. The summed E-state index contributed by atoms with van der Waals surface area (Å²) in [5, 5.41) is 0. The molecule has 0 aliphatic heterocycles. The lowest BCUT2D eigenvalue weighted by Gasteiger charge is -2.27. The average Bonchev–Trinajstić information content (AvgIpc) is 2.15. The van der Waals surface area contributed by atoms with Gasteiger partial charge in [-0.15, -0.1) is 0 Å². The summed E-state index contributed by atoms with van der Waals surface area (Å²) in [5.74, 6) is -0.0713. The van der Waals surface area contributed by atoms with Crippen molar-refractivity contribution in [2.45, 2.75) is 38.2 Å². The number of esters is 1. The maximum atomic E-state index is 11.1. The van der Waals surface area contributed by atoms with E-state index in [9.17, 15) is 13.2 Å². The van der Waals surface area contributed by atoms with Crippen molar-refractivity contribution in [1.82, 2.24) is 0 Å². The van der Waals surface area contributed by atoms with E-state index < -0.39 is 10.1 Å². The largest absolute Gasteiger partial charge is 0.469 e. The van der Waals surface area contributed by atoms with E-state index in [-0.39, 0.29) is 18.0 Å². The maximum absolute atomic E-state index is 11.1. The van der Waals surface area contributed by atoms with Gasteiger partial charge in [-0.05, 0) is 25.2 Å². The first-order valence-corrected chi connectivity index (χ1v) is 7.17. The third-order valence-corrected chi connectivity index (χ3v) is 3.35. The minimum atomic E-state index is -3.40. The summed E-state index contributed by atoms with van der Waals surface area (Å²) in [6.07, 6.45) is 4.29. The zero-order chi connectivity index (χ0) is 12.2. The van der Waals surface area contributed by atoms with Gasteiger partial charge in [0, 0.05) is 6.42 Å². The minimum Gasteiger partial charge on any atom is -0.469 e. The highest BCUT2D eigenvalue weighted by atomic mass is 32.2. The highest BCUT2D eigenvalue weighted by Gasteiger charge is 2.26. The van der Waals surface area contributed by atoms with Crippen LogP contribution in [0.5, 0.6) is 0 Å². The summed E-state index contributed by atoms with van der Waals surface area (Å²) in [7, 11) is -2.04. The standard InChI is InChI=1S/C10H18O5S/c1-14-10(11)7-8-4-3-5-9(6-8)15-16(2,12)13/h8-9H,3-7H2,1-2H3/t8-,9+/m1/s1. The summed E-state index contributed by atoms with van der Waals surface area (Å²) in [6.45, 7) is 0. The van der Waals surface area contributed by atoms with Gasteiger partial charge in [0.05, 0.1) is 19.5 Å². The quantitative estimate of drug-likeness (QED) is 0.551. The predicted molar refractivity (Wildman–Crippen MR) is 58.3 cm³/mol. The first-order chi connectivity index (χ1) is 7.40. The van der Waals surface area contributed by atoms with Crippen LogP contribution < -0.4 is 0 Å². The lowest BCUT2D eigenvalue weighted by molar-refractivity contribution is -0.142. The molecule has 0 spiro atoms. The molecule has 1 aliphatic carbocycles. The Labute approximate surface area is 96.2 Å². The Bertz CT molecular complexity index is 335. The van der Waals surface area contributed by atoms with Crippen molar-refractivity contribution in [3.63, 3.8) is 0 Å². The Morgan fingerprint density at radius 1 is 1.38 bits per heavy atom. The number of hydrogen-bond acceptors (Lipinski definition) is 5. The lowest BCUT2D eigenvalue weighted by Crippen LogP contribution is -2.26. The van der Waals surface area contributed by atoms with Gasteiger partial charge in [0.1, 0.15) is 0 Å². The molecule has 0 heterocycles. The molecule has 94 valence electrons. The molecule has 0 N–H and O–H groups in total. The molecule has 5 nitrogen and oxygen atoms in total. The summed E-state index contributed by atoms with van der Waals surface area (Å²) < 4.78 is 31.5. The van der Waals surface area contributed by atoms with E-state index in [0.29, 0.717) is 12.8 Å². The zero-order valence-corrected chi connectivity index (χ0v) is 10.5. The van der Waals surface area contributed by atoms with Gasteiger partial charge in [0.25, 0.3) is 10.1 Å². The second-order valence-corrected chi connectivity index (χ2v) is 5.84. The maximum Gasteiger partial charge on any atom is 0.305 e. The van der Waals surface area contributed by atoms with Crippen LogP contribution in [0.25, 0.3) is 0 Å². The van der Waals surface area contributed by atoms with Crippen LogP contribution in [0, 0.1) is 5.92 Å². The van der Waals surface area contributed by atoms with E-state index in [1.807, 2.05) is 0 Å². The first-order valence-electron chi connectivity index (χ1n) is 5.36. The molecule has 1 fully saturated rings. The Morgan fingerprint density at radius 2 is 2.06 bits per heavy atom. The van der Waals surface area contributed by atoms with E-state index >= 15 is 0 Å². The third kappa shape index (κ3) is 4.94. The molecule has 16 heavy (non-hydrogen) atoms. The van der Waals surface area contributed by atoms with Crippen LogP contribution in [-0.4, -0.2) is 33.9 Å². The highest BCUT2D eigenvalue weighted by Crippen LogP contribution is 2.29. The van der Waals surface area contributed by atoms with Crippen molar-refractivity contribution in [2.75, 3.05) is 13.4 Å². The topological polar surface area (TPSA) is 69.7 Å². The van der Waals surface area contributed by atoms with Crippen molar-refractivity contribution < 1.29 is 22.1 Å².